The van der Waals surface area contributed by atoms with Gasteiger partial charge in [-0.3, -0.25) is 0 Å². The second-order valence-corrected chi connectivity index (χ2v) is 5.67. The Hall–Kier alpha value is -1.10. The van der Waals surface area contributed by atoms with Gasteiger partial charge in [-0.25, -0.2) is 0 Å². The molecule has 0 spiro atoms. The minimum atomic E-state index is -0.756. The van der Waals surface area contributed by atoms with Crippen LogP contribution in [0, 0.1) is 0 Å². The summed E-state index contributed by atoms with van der Waals surface area (Å²) in [7, 11) is 3.90. The second-order valence-electron chi connectivity index (χ2n) is 5.67. The molecule has 0 heterocycles. The highest BCUT2D eigenvalue weighted by Gasteiger charge is 2.22. The molecule has 4 nitrogen and oxygen atoms in total. The average Bonchev–Trinajstić information content (AvgIpc) is 2.30. The second kappa shape index (κ2) is 6.89. The summed E-state index contributed by atoms with van der Waals surface area (Å²) in [5.74, 6) is 0.276. The number of likely N-dealkylation sites (N-methyl/N-ethyl adjacent to an activating group) is 1. The van der Waals surface area contributed by atoms with Crippen LogP contribution in [0.15, 0.2) is 24.3 Å². The van der Waals surface area contributed by atoms with Gasteiger partial charge < -0.3 is 20.4 Å². The summed E-state index contributed by atoms with van der Waals surface area (Å²) in [6, 6.07) is 7.40. The minimum absolute atomic E-state index is 0.189. The quantitative estimate of drug-likeness (QED) is 0.704. The monoisotopic (exact) mass is 266 g/mol. The van der Waals surface area contributed by atoms with Crippen LogP contribution in [0.3, 0.4) is 0 Å². The molecule has 0 aliphatic heterocycles. The fourth-order valence-corrected chi connectivity index (χ4v) is 2.28. The first-order chi connectivity index (χ1) is 8.84. The molecule has 0 bridgehead atoms. The predicted molar refractivity (Wildman–Crippen MR) is 78.3 cm³/mol. The molecule has 0 aliphatic rings. The molecule has 19 heavy (non-hydrogen) atoms. The Labute approximate surface area is 116 Å². The smallest absolute Gasteiger partial charge is 0.115 e. The van der Waals surface area contributed by atoms with Crippen molar-refractivity contribution in [1.29, 1.82) is 0 Å². The van der Waals surface area contributed by atoms with Crippen LogP contribution < -0.4 is 5.32 Å². The summed E-state index contributed by atoms with van der Waals surface area (Å²) in [4.78, 5) is 1.98. The zero-order chi connectivity index (χ0) is 14.5. The van der Waals surface area contributed by atoms with Crippen LogP contribution >= 0.6 is 0 Å². The highest BCUT2D eigenvalue weighted by molar-refractivity contribution is 5.28. The van der Waals surface area contributed by atoms with Crippen LogP contribution in [0.2, 0.25) is 0 Å². The number of benzene rings is 1. The number of aromatic hydroxyl groups is 1. The van der Waals surface area contributed by atoms with E-state index in [0.717, 1.165) is 12.0 Å². The van der Waals surface area contributed by atoms with E-state index >= 15 is 0 Å². The van der Waals surface area contributed by atoms with Gasteiger partial charge in [-0.15, -0.1) is 0 Å². The highest BCUT2D eigenvalue weighted by atomic mass is 16.3. The van der Waals surface area contributed by atoms with Crippen molar-refractivity contribution in [1.82, 2.24) is 10.2 Å². The van der Waals surface area contributed by atoms with E-state index in [0.29, 0.717) is 13.1 Å². The van der Waals surface area contributed by atoms with Crippen LogP contribution in [0.4, 0.5) is 0 Å². The van der Waals surface area contributed by atoms with E-state index < -0.39 is 5.60 Å². The molecule has 0 aromatic heterocycles. The Morgan fingerprint density at radius 3 is 2.32 bits per heavy atom. The molecular formula is C15H26N2O2. The van der Waals surface area contributed by atoms with Crippen LogP contribution in [-0.4, -0.2) is 47.9 Å². The summed E-state index contributed by atoms with van der Waals surface area (Å²) >= 11 is 0. The van der Waals surface area contributed by atoms with Crippen molar-refractivity contribution in [2.24, 2.45) is 0 Å². The zero-order valence-electron chi connectivity index (χ0n) is 12.3. The number of hydrogen-bond donors (Lipinski definition) is 3. The number of phenols is 1. The lowest BCUT2D eigenvalue weighted by atomic mass is 10.0. The van der Waals surface area contributed by atoms with E-state index in [2.05, 4.69) is 12.2 Å². The van der Waals surface area contributed by atoms with E-state index in [1.54, 1.807) is 12.1 Å². The molecule has 1 aromatic rings. The number of nitrogens with one attached hydrogen (secondary N) is 1. The van der Waals surface area contributed by atoms with Crippen LogP contribution in [0.1, 0.15) is 31.9 Å². The predicted octanol–water partition coefficient (Wildman–Crippen LogP) is 1.75. The topological polar surface area (TPSA) is 55.7 Å². The Morgan fingerprint density at radius 2 is 1.84 bits per heavy atom. The normalized spacial score (nSPS) is 16.3. The van der Waals surface area contributed by atoms with Crippen LogP contribution in [0.5, 0.6) is 5.75 Å². The maximum Gasteiger partial charge on any atom is 0.115 e. The fourth-order valence-electron chi connectivity index (χ4n) is 2.28. The summed E-state index contributed by atoms with van der Waals surface area (Å²) in [5, 5.41) is 23.0. The largest absolute Gasteiger partial charge is 0.508 e. The number of aliphatic hydroxyl groups is 1. The first-order valence-corrected chi connectivity index (χ1v) is 6.73. The molecule has 0 radical (unpaired) electrons. The fraction of sp³-hybridized carbons (Fsp3) is 0.600. The van der Waals surface area contributed by atoms with Crippen LogP contribution in [0.25, 0.3) is 0 Å². The zero-order valence-corrected chi connectivity index (χ0v) is 12.3. The molecule has 0 aliphatic carbocycles. The third-order valence-electron chi connectivity index (χ3n) is 3.09. The van der Waals surface area contributed by atoms with Crippen molar-refractivity contribution in [3.8, 4) is 5.75 Å². The summed E-state index contributed by atoms with van der Waals surface area (Å²) in [5.41, 5.74) is 0.370. The first-order valence-electron chi connectivity index (χ1n) is 6.73. The van der Waals surface area contributed by atoms with Crippen molar-refractivity contribution < 1.29 is 10.2 Å². The van der Waals surface area contributed by atoms with Crippen molar-refractivity contribution in [2.45, 2.75) is 31.9 Å². The molecule has 3 N–H and O–H groups in total. The molecule has 0 saturated heterocycles. The first kappa shape index (κ1) is 16.0. The van der Waals surface area contributed by atoms with Gasteiger partial charge in [-0.1, -0.05) is 19.1 Å². The van der Waals surface area contributed by atoms with Gasteiger partial charge in [0.25, 0.3) is 0 Å². The molecule has 0 fully saturated rings. The Balaban J connectivity index is 2.60. The lowest BCUT2D eigenvalue weighted by Gasteiger charge is -2.29. The third kappa shape index (κ3) is 5.59. The van der Waals surface area contributed by atoms with Gasteiger partial charge in [0.15, 0.2) is 0 Å². The van der Waals surface area contributed by atoms with Gasteiger partial charge >= 0.3 is 0 Å². The molecule has 0 amide bonds. The minimum Gasteiger partial charge on any atom is -0.508 e. The van der Waals surface area contributed by atoms with Gasteiger partial charge in [-0.2, -0.15) is 0 Å². The van der Waals surface area contributed by atoms with E-state index in [4.69, 9.17) is 0 Å². The number of rotatable bonds is 7. The third-order valence-corrected chi connectivity index (χ3v) is 3.09. The lowest BCUT2D eigenvalue weighted by Crippen LogP contribution is -2.46. The van der Waals surface area contributed by atoms with Gasteiger partial charge in [0.05, 0.1) is 5.60 Å². The van der Waals surface area contributed by atoms with E-state index in [1.807, 2.05) is 38.1 Å². The molecule has 1 aromatic carbocycles. The van der Waals surface area contributed by atoms with Gasteiger partial charge in [-0.05, 0) is 45.1 Å². The van der Waals surface area contributed by atoms with Crippen molar-refractivity contribution in [3.05, 3.63) is 29.8 Å². The highest BCUT2D eigenvalue weighted by Crippen LogP contribution is 2.20. The summed E-state index contributed by atoms with van der Waals surface area (Å²) < 4.78 is 0. The van der Waals surface area contributed by atoms with Crippen molar-refractivity contribution in [2.75, 3.05) is 27.2 Å². The van der Waals surface area contributed by atoms with E-state index in [9.17, 15) is 10.2 Å². The SMILES string of the molecule is CCC(NCC(C)(O)CN(C)C)c1ccc(O)cc1. The Bertz CT molecular complexity index is 374. The summed E-state index contributed by atoms with van der Waals surface area (Å²) in [6.45, 7) is 5.09. The lowest BCUT2D eigenvalue weighted by molar-refractivity contribution is 0.0311. The molecule has 1 rings (SSSR count). The van der Waals surface area contributed by atoms with E-state index in [-0.39, 0.29) is 11.8 Å². The summed E-state index contributed by atoms with van der Waals surface area (Å²) in [6.07, 6.45) is 0.933. The van der Waals surface area contributed by atoms with Crippen molar-refractivity contribution >= 4 is 0 Å². The molecule has 2 atom stereocenters. The Morgan fingerprint density at radius 1 is 1.26 bits per heavy atom. The van der Waals surface area contributed by atoms with Gasteiger partial charge in [0, 0.05) is 19.1 Å². The van der Waals surface area contributed by atoms with Crippen LogP contribution in [-0.2, 0) is 0 Å². The number of phenolic OH excluding ortho intramolecular Hbond substituents is 1. The molecule has 0 saturated carbocycles. The van der Waals surface area contributed by atoms with E-state index in [1.165, 1.54) is 0 Å². The maximum atomic E-state index is 10.3. The molecule has 4 heteroatoms. The molecular weight excluding hydrogens is 240 g/mol. The average molecular weight is 266 g/mol. The van der Waals surface area contributed by atoms with Gasteiger partial charge in [0.2, 0.25) is 0 Å². The number of nitrogens with zero attached hydrogens (tertiary/aromatic N) is 1. The molecule has 108 valence electrons. The van der Waals surface area contributed by atoms with Gasteiger partial charge in [0.1, 0.15) is 5.75 Å². The number of hydrogen-bond acceptors (Lipinski definition) is 4. The molecule has 2 unspecified atom stereocenters. The standard InChI is InChI=1S/C15H26N2O2/c1-5-14(12-6-8-13(18)9-7-12)16-10-15(2,19)11-17(3)4/h6-9,14,16,18-19H,5,10-11H2,1-4H3. The van der Waals surface area contributed by atoms with Crippen molar-refractivity contribution in [3.63, 3.8) is 0 Å². The maximum absolute atomic E-state index is 10.3. The Kier molecular flexibility index (Phi) is 5.79.